The largest absolute Gasteiger partial charge is 0.301 e. The predicted molar refractivity (Wildman–Crippen MR) is 50.6 cm³/mol. The van der Waals surface area contributed by atoms with E-state index in [4.69, 9.17) is 0 Å². The first kappa shape index (κ1) is 9.32. The summed E-state index contributed by atoms with van der Waals surface area (Å²) in [7, 11) is 0. The van der Waals surface area contributed by atoms with Gasteiger partial charge in [0, 0.05) is 17.0 Å². The Morgan fingerprint density at radius 1 is 1.58 bits per heavy atom. The van der Waals surface area contributed by atoms with Crippen LogP contribution < -0.4 is 5.56 Å². The average molecular weight is 184 g/mol. The lowest BCUT2D eigenvalue weighted by Crippen LogP contribution is -2.08. The van der Waals surface area contributed by atoms with Gasteiger partial charge in [-0.15, -0.1) is 0 Å². The van der Waals surface area contributed by atoms with Crippen molar-refractivity contribution >= 4 is 11.8 Å². The highest BCUT2D eigenvalue weighted by atomic mass is 32.2. The fourth-order valence-corrected chi connectivity index (χ4v) is 1.63. The first-order valence-electron chi connectivity index (χ1n) is 3.82. The van der Waals surface area contributed by atoms with Crippen LogP contribution in [0.3, 0.4) is 0 Å². The normalized spacial score (nSPS) is 10.7. The molecule has 1 rings (SSSR count). The number of aromatic nitrogens is 2. The summed E-state index contributed by atoms with van der Waals surface area (Å²) < 4.78 is 0. The molecule has 0 bridgehead atoms. The highest BCUT2D eigenvalue weighted by molar-refractivity contribution is 7.99. The van der Waals surface area contributed by atoms with Crippen LogP contribution in [0.15, 0.2) is 16.0 Å². The van der Waals surface area contributed by atoms with E-state index in [1.165, 1.54) is 6.07 Å². The first-order valence-corrected chi connectivity index (χ1v) is 4.70. The van der Waals surface area contributed by atoms with Crippen LogP contribution in [0.5, 0.6) is 0 Å². The van der Waals surface area contributed by atoms with Gasteiger partial charge in [0.1, 0.15) is 0 Å². The Morgan fingerprint density at radius 2 is 2.25 bits per heavy atom. The number of aryl methyl sites for hydroxylation is 1. The van der Waals surface area contributed by atoms with Gasteiger partial charge in [0.05, 0.1) is 0 Å². The maximum Gasteiger partial charge on any atom is 0.251 e. The van der Waals surface area contributed by atoms with Crippen molar-refractivity contribution in [2.75, 3.05) is 0 Å². The summed E-state index contributed by atoms with van der Waals surface area (Å²) in [6, 6.07) is 1.49. The number of aromatic amines is 1. The lowest BCUT2D eigenvalue weighted by Gasteiger charge is -2.02. The number of H-pyrrole nitrogens is 1. The molecule has 0 spiro atoms. The van der Waals surface area contributed by atoms with Crippen molar-refractivity contribution in [2.45, 2.75) is 31.2 Å². The summed E-state index contributed by atoms with van der Waals surface area (Å²) in [6.45, 7) is 5.94. The van der Waals surface area contributed by atoms with Crippen molar-refractivity contribution in [3.63, 3.8) is 0 Å². The second-order valence-electron chi connectivity index (χ2n) is 2.86. The average Bonchev–Trinajstić information content (AvgIpc) is 1.81. The molecule has 0 radical (unpaired) electrons. The Labute approximate surface area is 75.6 Å². The van der Waals surface area contributed by atoms with E-state index in [1.54, 1.807) is 11.8 Å². The van der Waals surface area contributed by atoms with Gasteiger partial charge in [0.2, 0.25) is 0 Å². The molecule has 12 heavy (non-hydrogen) atoms. The fraction of sp³-hybridized carbons (Fsp3) is 0.500. The van der Waals surface area contributed by atoms with Crippen molar-refractivity contribution in [2.24, 2.45) is 0 Å². The molecule has 0 amide bonds. The number of hydrogen-bond acceptors (Lipinski definition) is 3. The Balaban J connectivity index is 2.93. The fourth-order valence-electron chi connectivity index (χ4n) is 0.831. The van der Waals surface area contributed by atoms with Crippen LogP contribution >= 0.6 is 11.8 Å². The molecule has 0 aromatic carbocycles. The molecular weight excluding hydrogens is 172 g/mol. The third-order valence-electron chi connectivity index (χ3n) is 1.20. The van der Waals surface area contributed by atoms with E-state index in [1.807, 2.05) is 6.92 Å². The molecular formula is C8H12N2OS. The van der Waals surface area contributed by atoms with Gasteiger partial charge in [-0.2, -0.15) is 0 Å². The maximum absolute atomic E-state index is 11.0. The van der Waals surface area contributed by atoms with E-state index >= 15 is 0 Å². The van der Waals surface area contributed by atoms with Crippen LogP contribution in [0, 0.1) is 6.92 Å². The molecule has 0 saturated carbocycles. The molecule has 0 aliphatic carbocycles. The Kier molecular flexibility index (Phi) is 2.92. The predicted octanol–water partition coefficient (Wildman–Crippen LogP) is 1.58. The minimum atomic E-state index is -0.0781. The van der Waals surface area contributed by atoms with Crippen molar-refractivity contribution in [3.05, 3.63) is 22.1 Å². The summed E-state index contributed by atoms with van der Waals surface area (Å²) in [5, 5.41) is 1.14. The van der Waals surface area contributed by atoms with Gasteiger partial charge in [-0.05, 0) is 6.92 Å². The molecule has 0 unspecified atom stereocenters. The number of hydrogen-bond donors (Lipinski definition) is 1. The van der Waals surface area contributed by atoms with Crippen LogP contribution in [0.4, 0.5) is 0 Å². The van der Waals surface area contributed by atoms with Crippen molar-refractivity contribution < 1.29 is 0 Å². The summed E-state index contributed by atoms with van der Waals surface area (Å²) in [5.74, 6) is 0. The van der Waals surface area contributed by atoms with E-state index in [2.05, 4.69) is 23.8 Å². The highest BCUT2D eigenvalue weighted by Gasteiger charge is 2.01. The van der Waals surface area contributed by atoms with E-state index in [0.717, 1.165) is 5.69 Å². The smallest absolute Gasteiger partial charge is 0.251 e. The Hall–Kier alpha value is -0.770. The molecule has 0 fully saturated rings. The van der Waals surface area contributed by atoms with Crippen molar-refractivity contribution in [1.82, 2.24) is 9.97 Å². The highest BCUT2D eigenvalue weighted by Crippen LogP contribution is 2.16. The van der Waals surface area contributed by atoms with Crippen LogP contribution in [0.2, 0.25) is 0 Å². The zero-order valence-electron chi connectivity index (χ0n) is 7.42. The molecule has 0 atom stereocenters. The topological polar surface area (TPSA) is 45.8 Å². The van der Waals surface area contributed by atoms with Gasteiger partial charge in [0.15, 0.2) is 5.16 Å². The van der Waals surface area contributed by atoms with Crippen LogP contribution in [-0.4, -0.2) is 15.2 Å². The third-order valence-corrected chi connectivity index (χ3v) is 2.08. The van der Waals surface area contributed by atoms with Gasteiger partial charge in [-0.1, -0.05) is 25.6 Å². The third kappa shape index (κ3) is 2.70. The summed E-state index contributed by atoms with van der Waals surface area (Å²) in [5.41, 5.74) is 0.688. The number of rotatable bonds is 2. The van der Waals surface area contributed by atoms with Gasteiger partial charge in [-0.25, -0.2) is 4.98 Å². The molecule has 0 aliphatic rings. The lowest BCUT2D eigenvalue weighted by molar-refractivity contribution is 0.898. The van der Waals surface area contributed by atoms with E-state index in [9.17, 15) is 4.79 Å². The summed E-state index contributed by atoms with van der Waals surface area (Å²) >= 11 is 1.56. The zero-order valence-corrected chi connectivity index (χ0v) is 8.23. The van der Waals surface area contributed by atoms with Gasteiger partial charge >= 0.3 is 0 Å². The molecule has 1 N–H and O–H groups in total. The molecule has 66 valence electrons. The number of thioether (sulfide) groups is 1. The van der Waals surface area contributed by atoms with E-state index in [0.29, 0.717) is 10.4 Å². The molecule has 1 heterocycles. The van der Waals surface area contributed by atoms with Crippen LogP contribution in [0.25, 0.3) is 0 Å². The minimum absolute atomic E-state index is 0.0781. The van der Waals surface area contributed by atoms with Gasteiger partial charge in [0.25, 0.3) is 5.56 Å². The second-order valence-corrected chi connectivity index (χ2v) is 4.42. The summed E-state index contributed by atoms with van der Waals surface area (Å²) in [6.07, 6.45) is 0. The number of nitrogens with one attached hydrogen (secondary N) is 1. The molecule has 1 aromatic heterocycles. The van der Waals surface area contributed by atoms with Crippen molar-refractivity contribution in [1.29, 1.82) is 0 Å². The molecule has 3 nitrogen and oxygen atoms in total. The molecule has 0 aliphatic heterocycles. The Morgan fingerprint density at radius 3 is 2.75 bits per heavy atom. The maximum atomic E-state index is 11.0. The molecule has 0 saturated heterocycles. The van der Waals surface area contributed by atoms with E-state index in [-0.39, 0.29) is 5.56 Å². The number of nitrogens with zero attached hydrogens (tertiary/aromatic N) is 1. The van der Waals surface area contributed by atoms with Crippen LogP contribution in [0.1, 0.15) is 19.5 Å². The quantitative estimate of drug-likeness (QED) is 0.560. The first-order chi connectivity index (χ1) is 5.58. The van der Waals surface area contributed by atoms with Crippen molar-refractivity contribution in [3.8, 4) is 0 Å². The van der Waals surface area contributed by atoms with Gasteiger partial charge in [-0.3, -0.25) is 4.79 Å². The summed E-state index contributed by atoms with van der Waals surface area (Å²) in [4.78, 5) is 17.8. The SMILES string of the molecule is Cc1cc(=O)[nH]c(SC(C)C)n1. The second kappa shape index (κ2) is 3.76. The standard InChI is InChI=1S/C8H12N2OS/c1-5(2)12-8-9-6(3)4-7(11)10-8/h4-5H,1-3H3,(H,9,10,11). The zero-order chi connectivity index (χ0) is 9.14. The monoisotopic (exact) mass is 184 g/mol. The molecule has 4 heteroatoms. The molecule has 1 aromatic rings. The van der Waals surface area contributed by atoms with Gasteiger partial charge < -0.3 is 4.98 Å². The Bertz CT molecular complexity index is 319. The van der Waals surface area contributed by atoms with E-state index < -0.39 is 0 Å². The minimum Gasteiger partial charge on any atom is -0.301 e. The lowest BCUT2D eigenvalue weighted by atomic mass is 10.5. The van der Waals surface area contributed by atoms with Crippen LogP contribution in [-0.2, 0) is 0 Å².